The quantitative estimate of drug-likeness (QED) is 0.282. The van der Waals surface area contributed by atoms with E-state index in [1.54, 1.807) is 24.3 Å². The Bertz CT molecular complexity index is 879. The Morgan fingerprint density at radius 3 is 2.26 bits per heavy atom. The van der Waals surface area contributed by atoms with E-state index >= 15 is 0 Å². The Kier molecular flexibility index (Phi) is 12.6. The lowest BCUT2D eigenvalue weighted by Gasteiger charge is -2.21. The van der Waals surface area contributed by atoms with E-state index in [2.05, 4.69) is 31.4 Å². The molecular formula is C28H41N3O3. The summed E-state index contributed by atoms with van der Waals surface area (Å²) in [6, 6.07) is 14.8. The number of nitrogens with zero attached hydrogens (tertiary/aromatic N) is 1. The van der Waals surface area contributed by atoms with Crippen molar-refractivity contribution in [1.82, 2.24) is 4.90 Å². The van der Waals surface area contributed by atoms with E-state index in [0.29, 0.717) is 17.9 Å². The molecule has 2 N–H and O–H groups in total. The third kappa shape index (κ3) is 9.86. The first-order chi connectivity index (χ1) is 16.6. The number of nitrogens with one attached hydrogen (secondary N) is 2. The fraction of sp³-hybridized carbons (Fsp3) is 0.500. The molecule has 0 unspecified atom stereocenters. The molecule has 0 aliphatic rings. The van der Waals surface area contributed by atoms with Gasteiger partial charge in [-0.1, -0.05) is 58.6 Å². The van der Waals surface area contributed by atoms with E-state index in [0.717, 1.165) is 43.8 Å². The Morgan fingerprint density at radius 1 is 0.824 bits per heavy atom. The van der Waals surface area contributed by atoms with Crippen molar-refractivity contribution in [2.24, 2.45) is 0 Å². The molecule has 0 saturated heterocycles. The maximum absolute atomic E-state index is 12.8. The molecule has 2 aromatic rings. The Hall–Kier alpha value is -3.02. The van der Waals surface area contributed by atoms with Crippen molar-refractivity contribution in [2.45, 2.75) is 65.7 Å². The highest BCUT2D eigenvalue weighted by molar-refractivity contribution is 5.98. The molecule has 0 bridgehead atoms. The van der Waals surface area contributed by atoms with Crippen LogP contribution in [0, 0.1) is 0 Å². The van der Waals surface area contributed by atoms with E-state index in [1.165, 1.54) is 25.7 Å². The summed E-state index contributed by atoms with van der Waals surface area (Å²) in [6.45, 7) is 8.63. The molecule has 0 radical (unpaired) electrons. The zero-order valence-corrected chi connectivity index (χ0v) is 21.1. The van der Waals surface area contributed by atoms with Gasteiger partial charge in [-0.15, -0.1) is 0 Å². The number of anilines is 2. The van der Waals surface area contributed by atoms with Gasteiger partial charge in [-0.25, -0.2) is 0 Å². The van der Waals surface area contributed by atoms with Gasteiger partial charge in [-0.3, -0.25) is 9.59 Å². The second kappa shape index (κ2) is 15.8. The zero-order chi connectivity index (χ0) is 24.6. The van der Waals surface area contributed by atoms with Crippen LogP contribution >= 0.6 is 0 Å². The van der Waals surface area contributed by atoms with Crippen molar-refractivity contribution >= 4 is 23.2 Å². The van der Waals surface area contributed by atoms with Gasteiger partial charge in [0, 0.05) is 36.1 Å². The van der Waals surface area contributed by atoms with Gasteiger partial charge < -0.3 is 20.3 Å². The largest absolute Gasteiger partial charge is 0.494 e. The number of hydrogen-bond acceptors (Lipinski definition) is 4. The van der Waals surface area contributed by atoms with Crippen LogP contribution in [0.15, 0.2) is 48.5 Å². The molecule has 0 saturated carbocycles. The van der Waals surface area contributed by atoms with Crippen molar-refractivity contribution in [2.75, 3.05) is 36.9 Å². The van der Waals surface area contributed by atoms with E-state index in [4.69, 9.17) is 4.74 Å². The van der Waals surface area contributed by atoms with Gasteiger partial charge in [0.1, 0.15) is 5.75 Å². The maximum Gasteiger partial charge on any atom is 0.253 e. The zero-order valence-electron chi connectivity index (χ0n) is 21.1. The number of ether oxygens (including phenoxy) is 1. The van der Waals surface area contributed by atoms with Crippen LogP contribution in [0.3, 0.4) is 0 Å². The van der Waals surface area contributed by atoms with Crippen LogP contribution in [0.1, 0.15) is 76.1 Å². The molecule has 6 heteroatoms. The minimum atomic E-state index is -0.175. The van der Waals surface area contributed by atoms with Gasteiger partial charge in [-0.05, 0) is 49.6 Å². The molecule has 0 aromatic heterocycles. The second-order valence-corrected chi connectivity index (χ2v) is 8.57. The number of rotatable bonds is 16. The van der Waals surface area contributed by atoms with Crippen molar-refractivity contribution in [3.05, 3.63) is 54.1 Å². The molecule has 6 nitrogen and oxygen atoms in total. The molecule has 0 fully saturated rings. The summed E-state index contributed by atoms with van der Waals surface area (Å²) in [5, 5.41) is 6.03. The lowest BCUT2D eigenvalue weighted by molar-refractivity contribution is -0.114. The minimum absolute atomic E-state index is 0.0000949. The topological polar surface area (TPSA) is 70.7 Å². The third-order valence-electron chi connectivity index (χ3n) is 5.47. The smallest absolute Gasteiger partial charge is 0.253 e. The predicted molar refractivity (Wildman–Crippen MR) is 141 cm³/mol. The summed E-state index contributed by atoms with van der Waals surface area (Å²) in [7, 11) is 0. The van der Waals surface area contributed by atoms with E-state index in [-0.39, 0.29) is 18.4 Å². The van der Waals surface area contributed by atoms with Crippen LogP contribution in [-0.2, 0) is 4.79 Å². The van der Waals surface area contributed by atoms with Gasteiger partial charge in [0.15, 0.2) is 0 Å². The van der Waals surface area contributed by atoms with Crippen LogP contribution < -0.4 is 15.4 Å². The van der Waals surface area contributed by atoms with Crippen LogP contribution in [0.5, 0.6) is 5.75 Å². The van der Waals surface area contributed by atoms with Gasteiger partial charge in [-0.2, -0.15) is 0 Å². The summed E-state index contributed by atoms with van der Waals surface area (Å²) >= 11 is 0. The number of hydrogen-bond donors (Lipinski definition) is 2. The molecule has 0 heterocycles. The summed E-state index contributed by atoms with van der Waals surface area (Å²) in [6.07, 6.45) is 7.84. The van der Waals surface area contributed by atoms with Crippen molar-refractivity contribution < 1.29 is 14.3 Å². The molecule has 0 aliphatic carbocycles. The van der Waals surface area contributed by atoms with Crippen LogP contribution in [0.2, 0.25) is 0 Å². The van der Waals surface area contributed by atoms with E-state index in [1.807, 2.05) is 29.2 Å². The number of carbonyl (C=O) groups is 2. The van der Waals surface area contributed by atoms with Gasteiger partial charge in [0.05, 0.1) is 13.2 Å². The van der Waals surface area contributed by atoms with Crippen LogP contribution in [0.25, 0.3) is 0 Å². The average Bonchev–Trinajstić information content (AvgIpc) is 2.85. The number of amides is 2. The fourth-order valence-electron chi connectivity index (χ4n) is 3.75. The van der Waals surface area contributed by atoms with Gasteiger partial charge in [0.2, 0.25) is 5.91 Å². The molecular weight excluding hydrogens is 426 g/mol. The minimum Gasteiger partial charge on any atom is -0.494 e. The first-order valence-electron chi connectivity index (χ1n) is 12.7. The number of carbonyl (C=O) groups excluding carboxylic acids is 2. The Labute approximate surface area is 205 Å². The lowest BCUT2D eigenvalue weighted by atomic mass is 10.1. The molecule has 2 amide bonds. The number of unbranched alkanes of at least 4 members (excludes halogenated alkanes) is 4. The first kappa shape index (κ1) is 27.2. The molecule has 0 atom stereocenters. The average molecular weight is 468 g/mol. The van der Waals surface area contributed by atoms with Crippen molar-refractivity contribution in [3.8, 4) is 5.75 Å². The SMILES string of the molecule is CCCCCCCOc1cccc(NCC(=O)Nc2cccc(C(=O)N(CCC)CCC)c2)c1. The van der Waals surface area contributed by atoms with Gasteiger partial charge >= 0.3 is 0 Å². The fourth-order valence-corrected chi connectivity index (χ4v) is 3.75. The summed E-state index contributed by atoms with van der Waals surface area (Å²) in [4.78, 5) is 27.2. The monoisotopic (exact) mass is 467 g/mol. The summed E-state index contributed by atoms with van der Waals surface area (Å²) < 4.78 is 5.84. The van der Waals surface area contributed by atoms with E-state index in [9.17, 15) is 9.59 Å². The molecule has 186 valence electrons. The first-order valence-corrected chi connectivity index (χ1v) is 12.7. The van der Waals surface area contributed by atoms with E-state index < -0.39 is 0 Å². The Morgan fingerprint density at radius 2 is 1.53 bits per heavy atom. The highest BCUT2D eigenvalue weighted by Crippen LogP contribution is 2.18. The molecule has 2 rings (SSSR count). The van der Waals surface area contributed by atoms with Crippen molar-refractivity contribution in [3.63, 3.8) is 0 Å². The van der Waals surface area contributed by atoms with Crippen LogP contribution in [-0.4, -0.2) is 43.0 Å². The third-order valence-corrected chi connectivity index (χ3v) is 5.47. The second-order valence-electron chi connectivity index (χ2n) is 8.57. The lowest BCUT2D eigenvalue weighted by Crippen LogP contribution is -2.32. The Balaban J connectivity index is 1.84. The molecule has 34 heavy (non-hydrogen) atoms. The van der Waals surface area contributed by atoms with Crippen molar-refractivity contribution in [1.29, 1.82) is 0 Å². The van der Waals surface area contributed by atoms with Crippen LogP contribution in [0.4, 0.5) is 11.4 Å². The van der Waals surface area contributed by atoms with Gasteiger partial charge in [0.25, 0.3) is 5.91 Å². The molecule has 2 aromatic carbocycles. The summed E-state index contributed by atoms with van der Waals surface area (Å²) in [5.41, 5.74) is 2.04. The summed E-state index contributed by atoms with van der Waals surface area (Å²) in [5.74, 6) is 0.627. The maximum atomic E-state index is 12.8. The highest BCUT2D eigenvalue weighted by Gasteiger charge is 2.15. The molecule has 0 aliphatic heterocycles. The molecule has 0 spiro atoms. The standard InChI is InChI=1S/C28H41N3O3/c1-4-7-8-9-10-19-34-26-16-12-14-24(21-26)29-22-27(32)30-25-15-11-13-23(20-25)28(33)31(17-5-2)18-6-3/h11-16,20-21,29H,4-10,17-19,22H2,1-3H3,(H,30,32). The highest BCUT2D eigenvalue weighted by atomic mass is 16.5. The number of benzene rings is 2. The normalized spacial score (nSPS) is 10.6. The predicted octanol–water partition coefficient (Wildman–Crippen LogP) is 6.35.